The van der Waals surface area contributed by atoms with Crippen molar-refractivity contribution in [3.63, 3.8) is 0 Å². The minimum Gasteiger partial charge on any atom is -0.461 e. The van der Waals surface area contributed by atoms with Crippen molar-refractivity contribution >= 4 is 44.1 Å². The Morgan fingerprint density at radius 3 is 1.05 bits per heavy atom. The summed E-state index contributed by atoms with van der Waals surface area (Å²) in [4.78, 5) is 39.3. The number of nitrogens with zero attached hydrogens (tertiary/aromatic N) is 6. The van der Waals surface area contributed by atoms with Crippen molar-refractivity contribution in [2.24, 2.45) is 5.41 Å². The Labute approximate surface area is 495 Å². The molecule has 8 bridgehead atoms. The second-order valence-electron chi connectivity index (χ2n) is 26.3. The van der Waals surface area contributed by atoms with E-state index in [4.69, 9.17) is 48.9 Å². The summed E-state index contributed by atoms with van der Waals surface area (Å²) in [6.07, 6.45) is 9.18. The van der Waals surface area contributed by atoms with E-state index >= 15 is 0 Å². The van der Waals surface area contributed by atoms with Crippen LogP contribution in [0.25, 0.3) is 89.7 Å². The molecule has 13 rings (SSSR count). The Balaban J connectivity index is 1.02. The van der Waals surface area contributed by atoms with Gasteiger partial charge in [0.25, 0.3) is 0 Å². The number of aromatic amines is 2. The maximum atomic E-state index is 6.68. The fourth-order valence-electron chi connectivity index (χ4n) is 10.8. The molecule has 0 fully saturated rings. The second kappa shape index (κ2) is 20.6. The topological polar surface area (TPSA) is 146 Å². The van der Waals surface area contributed by atoms with Crippen molar-refractivity contribution < 1.29 is 18.9 Å². The zero-order chi connectivity index (χ0) is 59.2. The summed E-state index contributed by atoms with van der Waals surface area (Å²) in [6.45, 7) is 26.5. The molecular weight excluding hydrogens is 1050 g/mol. The van der Waals surface area contributed by atoms with E-state index in [9.17, 15) is 0 Å². The Hall–Kier alpha value is -9.68. The average Bonchev–Trinajstić information content (AvgIpc) is 1.82. The van der Waals surface area contributed by atoms with Crippen LogP contribution < -0.4 is 18.9 Å². The third-order valence-corrected chi connectivity index (χ3v) is 15.8. The van der Waals surface area contributed by atoms with Crippen molar-refractivity contribution in [2.45, 2.75) is 106 Å². The third-order valence-electron chi connectivity index (χ3n) is 15.8. The van der Waals surface area contributed by atoms with E-state index in [-0.39, 0.29) is 21.7 Å². The SMILES string of the molecule is CC(C)(C)C1=CC=C(Oc2ccc3c4nc5nc(nc6[nH]c(nc7nc(nc([nH]4)c3c2)-c2ccc(Oc3ccc(C(C)(C)C)cc3)cc2-7)c2ccc(Oc3ccc(C(C)(C)C)cc3)cc62)-c2ccc(Oc3ccc(C(C)(C)C)cc3)cc2-5)CC=C1. The molecule has 85 heavy (non-hydrogen) atoms. The van der Waals surface area contributed by atoms with Gasteiger partial charge in [-0.1, -0.05) is 138 Å². The monoisotopic (exact) mass is 1120 g/mol. The van der Waals surface area contributed by atoms with E-state index in [0.717, 1.165) is 49.6 Å². The molecule has 0 unspecified atom stereocenters. The number of hydrogen-bond donors (Lipinski definition) is 2. The van der Waals surface area contributed by atoms with Crippen LogP contribution in [0.3, 0.4) is 0 Å². The molecule has 424 valence electrons. The van der Waals surface area contributed by atoms with E-state index in [1.54, 1.807) is 0 Å². The van der Waals surface area contributed by atoms with Gasteiger partial charge in [0.15, 0.2) is 23.3 Å². The summed E-state index contributed by atoms with van der Waals surface area (Å²) in [5, 5.41) is 3.14. The molecule has 2 N–H and O–H groups in total. The van der Waals surface area contributed by atoms with Gasteiger partial charge >= 0.3 is 0 Å². The first kappa shape index (κ1) is 54.6. The van der Waals surface area contributed by atoms with Crippen LogP contribution in [0.2, 0.25) is 0 Å². The highest BCUT2D eigenvalue weighted by Crippen LogP contribution is 2.43. The van der Waals surface area contributed by atoms with Gasteiger partial charge in [-0.3, -0.25) is 0 Å². The first-order valence-corrected chi connectivity index (χ1v) is 29.0. The lowest BCUT2D eigenvalue weighted by atomic mass is 9.86. The normalized spacial score (nSPS) is 13.5. The Bertz CT molecular complexity index is 4510. The smallest absolute Gasteiger partial charge is 0.164 e. The number of allylic oxidation sites excluding steroid dienone is 5. The summed E-state index contributed by atoms with van der Waals surface area (Å²) in [5.74, 6) is 7.25. The van der Waals surface area contributed by atoms with Gasteiger partial charge < -0.3 is 28.9 Å². The van der Waals surface area contributed by atoms with Crippen LogP contribution in [0, 0.1) is 5.41 Å². The Morgan fingerprint density at radius 2 is 0.659 bits per heavy atom. The predicted octanol–water partition coefficient (Wildman–Crippen LogP) is 19.3. The van der Waals surface area contributed by atoms with Crippen LogP contribution in [0.4, 0.5) is 0 Å². The molecule has 2 aliphatic heterocycles. The summed E-state index contributed by atoms with van der Waals surface area (Å²) < 4.78 is 26.4. The highest BCUT2D eigenvalue weighted by Gasteiger charge is 2.26. The van der Waals surface area contributed by atoms with Crippen LogP contribution in [-0.2, 0) is 16.2 Å². The van der Waals surface area contributed by atoms with Gasteiger partial charge in [0.2, 0.25) is 0 Å². The lowest BCUT2D eigenvalue weighted by Gasteiger charge is -2.19. The molecule has 0 atom stereocenters. The highest BCUT2D eigenvalue weighted by molar-refractivity contribution is 6.07. The van der Waals surface area contributed by atoms with Gasteiger partial charge in [-0.25, -0.2) is 29.9 Å². The number of benzene rings is 7. The first-order valence-electron chi connectivity index (χ1n) is 29.0. The molecule has 12 heteroatoms. The van der Waals surface area contributed by atoms with Gasteiger partial charge in [0.05, 0.1) is 0 Å². The molecule has 7 aromatic carbocycles. The van der Waals surface area contributed by atoms with Gasteiger partial charge in [0, 0.05) is 50.2 Å². The highest BCUT2D eigenvalue weighted by atomic mass is 16.5. The maximum absolute atomic E-state index is 6.68. The van der Waals surface area contributed by atoms with Gasteiger partial charge in [-0.15, -0.1) is 0 Å². The fraction of sp³-hybridized carbons (Fsp3) is 0.233. The molecule has 3 aliphatic rings. The molecule has 3 aromatic heterocycles. The molecule has 10 aromatic rings. The minimum atomic E-state index is -0.0129. The van der Waals surface area contributed by atoms with Crippen LogP contribution in [0.1, 0.15) is 106 Å². The second-order valence-corrected chi connectivity index (χ2v) is 26.3. The number of ether oxygens (including phenoxy) is 4. The first-order chi connectivity index (χ1) is 40.5. The molecular formula is C73H68N8O4. The largest absolute Gasteiger partial charge is 0.461 e. The molecule has 1 aliphatic carbocycles. The van der Waals surface area contributed by atoms with E-state index in [2.05, 4.69) is 154 Å². The number of fused-ring (bicyclic) bond motifs is 20. The summed E-state index contributed by atoms with van der Waals surface area (Å²) in [7, 11) is 0. The molecule has 0 saturated carbocycles. The number of aromatic nitrogens is 8. The molecule has 0 radical (unpaired) electrons. The summed E-state index contributed by atoms with van der Waals surface area (Å²) in [5.41, 5.74) is 9.99. The summed E-state index contributed by atoms with van der Waals surface area (Å²) in [6, 6.07) is 48.5. The van der Waals surface area contributed by atoms with Gasteiger partial charge in [-0.05, 0) is 159 Å². The van der Waals surface area contributed by atoms with Crippen molar-refractivity contribution in [1.29, 1.82) is 0 Å². The standard InChI is InChI=1S/C73H68N8O4/c1-70(2,3)42-14-13-15-46(23-16-42)82-50-30-34-54-58(38-50)66-74-62(54)76-67-60-40-52(84-48-26-19-44(20-27-48)72(7,8)9)32-36-56(60)64(78-67)80-69-61-41-53(85-49-28-21-45(22-29-49)73(10,11)12)33-37-57(61)65(81-69)79-68-59-39-51(31-35-55(59)63(75-66)77-68)83-47-24-17-43(18-25-47)71(4,5)6/h13-14,16-41H,15H2,1-12H3,(H2,74,75,76,77,78,79,80,81). The van der Waals surface area contributed by atoms with E-state index in [1.807, 2.05) is 109 Å². The Kier molecular flexibility index (Phi) is 13.2. The molecule has 0 spiro atoms. The van der Waals surface area contributed by atoms with Crippen molar-refractivity contribution in [3.05, 3.63) is 198 Å². The van der Waals surface area contributed by atoms with E-state index in [1.165, 1.54) is 22.3 Å². The fourth-order valence-corrected chi connectivity index (χ4v) is 10.8. The van der Waals surface area contributed by atoms with Gasteiger partial charge in [-0.2, -0.15) is 0 Å². The molecule has 12 nitrogen and oxygen atoms in total. The van der Waals surface area contributed by atoms with E-state index in [0.29, 0.717) is 92.6 Å². The minimum absolute atomic E-state index is 0.00312. The van der Waals surface area contributed by atoms with E-state index < -0.39 is 0 Å². The summed E-state index contributed by atoms with van der Waals surface area (Å²) >= 11 is 0. The quantitative estimate of drug-likeness (QED) is 0.151. The maximum Gasteiger partial charge on any atom is 0.164 e. The average molecular weight is 1120 g/mol. The van der Waals surface area contributed by atoms with Crippen molar-refractivity contribution in [2.75, 3.05) is 0 Å². The number of hydrogen-bond acceptors (Lipinski definition) is 10. The van der Waals surface area contributed by atoms with Crippen molar-refractivity contribution in [1.82, 2.24) is 39.9 Å². The van der Waals surface area contributed by atoms with Crippen LogP contribution in [-0.4, -0.2) is 39.9 Å². The number of rotatable bonds is 8. The van der Waals surface area contributed by atoms with Crippen LogP contribution in [0.15, 0.2) is 181 Å². The molecule has 0 amide bonds. The number of nitrogens with one attached hydrogen (secondary N) is 2. The number of H-pyrrole nitrogens is 2. The lowest BCUT2D eigenvalue weighted by molar-refractivity contribution is 0.417. The van der Waals surface area contributed by atoms with Crippen LogP contribution in [0.5, 0.6) is 40.2 Å². The van der Waals surface area contributed by atoms with Crippen LogP contribution >= 0.6 is 0 Å². The molecule has 0 saturated heterocycles. The lowest BCUT2D eigenvalue weighted by Crippen LogP contribution is -2.10. The Morgan fingerprint density at radius 1 is 0.318 bits per heavy atom. The zero-order valence-corrected chi connectivity index (χ0v) is 50.2. The zero-order valence-electron chi connectivity index (χ0n) is 50.2. The predicted molar refractivity (Wildman–Crippen MR) is 342 cm³/mol. The van der Waals surface area contributed by atoms with Crippen molar-refractivity contribution in [3.8, 4) is 85.8 Å². The molecule has 5 heterocycles. The third kappa shape index (κ3) is 11.1. The van der Waals surface area contributed by atoms with Gasteiger partial charge in [0.1, 0.15) is 68.6 Å².